The van der Waals surface area contributed by atoms with E-state index in [4.69, 9.17) is 10.9 Å². The number of carbonyl (C=O) groups excluding carboxylic acids is 1. The fraction of sp³-hybridized carbons (Fsp3) is 0.400. The van der Waals surface area contributed by atoms with Crippen LogP contribution in [0.3, 0.4) is 0 Å². The van der Waals surface area contributed by atoms with Crippen molar-refractivity contribution in [3.05, 3.63) is 22.4 Å². The minimum Gasteiger partial charge on any atom is -0.409 e. The molecule has 0 aliphatic carbocycles. The van der Waals surface area contributed by atoms with E-state index in [1.165, 1.54) is 0 Å². The summed E-state index contributed by atoms with van der Waals surface area (Å²) in [5.74, 6) is -0.179. The molecule has 5 nitrogen and oxygen atoms in total. The molecular formula is C10H15N3O2S. The summed E-state index contributed by atoms with van der Waals surface area (Å²) in [6.07, 6.45) is 0.297. The number of rotatable bonds is 4. The highest BCUT2D eigenvalue weighted by Crippen LogP contribution is 2.08. The second-order valence-corrected chi connectivity index (χ2v) is 4.75. The molecule has 6 heteroatoms. The van der Waals surface area contributed by atoms with Gasteiger partial charge in [0.1, 0.15) is 0 Å². The van der Waals surface area contributed by atoms with Gasteiger partial charge in [0.25, 0.3) is 0 Å². The van der Waals surface area contributed by atoms with Gasteiger partial charge in [0.2, 0.25) is 5.91 Å². The number of nitrogens with one attached hydrogen (secondary N) is 1. The Morgan fingerprint density at radius 1 is 1.69 bits per heavy atom. The third-order valence-corrected chi connectivity index (χ3v) is 2.88. The number of thiophene rings is 1. The first-order chi connectivity index (χ1) is 7.45. The van der Waals surface area contributed by atoms with Crippen molar-refractivity contribution in [3.8, 4) is 0 Å². The zero-order chi connectivity index (χ0) is 12.2. The first-order valence-electron chi connectivity index (χ1n) is 4.76. The van der Waals surface area contributed by atoms with Gasteiger partial charge in [0.15, 0.2) is 5.84 Å². The van der Waals surface area contributed by atoms with Gasteiger partial charge in [-0.15, -0.1) is 0 Å². The molecule has 0 atom stereocenters. The summed E-state index contributed by atoms with van der Waals surface area (Å²) in [6, 6.07) is 1.89. The molecule has 0 aliphatic rings. The Labute approximate surface area is 98.0 Å². The number of amides is 1. The van der Waals surface area contributed by atoms with Gasteiger partial charge < -0.3 is 16.3 Å². The minimum absolute atomic E-state index is 0.0221. The SMILES string of the molecule is CC(C)(NC(=O)Cc1ccsc1)/C(N)=N/O. The van der Waals surface area contributed by atoms with Gasteiger partial charge in [-0.2, -0.15) is 11.3 Å². The smallest absolute Gasteiger partial charge is 0.225 e. The van der Waals surface area contributed by atoms with E-state index in [-0.39, 0.29) is 11.7 Å². The van der Waals surface area contributed by atoms with Crippen LogP contribution in [-0.2, 0) is 11.2 Å². The molecule has 88 valence electrons. The number of hydrogen-bond donors (Lipinski definition) is 3. The largest absolute Gasteiger partial charge is 0.409 e. The fourth-order valence-corrected chi connectivity index (χ4v) is 1.83. The number of hydrogen-bond acceptors (Lipinski definition) is 4. The number of nitrogens with zero attached hydrogens (tertiary/aromatic N) is 1. The maximum absolute atomic E-state index is 11.6. The Kier molecular flexibility index (Phi) is 3.89. The van der Waals surface area contributed by atoms with E-state index < -0.39 is 5.54 Å². The monoisotopic (exact) mass is 241 g/mol. The van der Waals surface area contributed by atoms with Gasteiger partial charge in [-0.1, -0.05) is 5.16 Å². The van der Waals surface area contributed by atoms with Gasteiger partial charge in [-0.05, 0) is 36.2 Å². The molecule has 0 unspecified atom stereocenters. The summed E-state index contributed by atoms with van der Waals surface area (Å²) in [5, 5.41) is 18.0. The highest BCUT2D eigenvalue weighted by molar-refractivity contribution is 7.07. The number of carbonyl (C=O) groups is 1. The number of nitrogens with two attached hydrogens (primary N) is 1. The van der Waals surface area contributed by atoms with Crippen LogP contribution in [0.4, 0.5) is 0 Å². The molecule has 1 aromatic rings. The van der Waals surface area contributed by atoms with Crippen molar-refractivity contribution in [3.63, 3.8) is 0 Å². The first kappa shape index (κ1) is 12.5. The molecule has 0 aromatic carbocycles. The standard InChI is InChI=1S/C10H15N3O2S/c1-10(2,9(11)13-15)12-8(14)5-7-3-4-16-6-7/h3-4,6,15H,5H2,1-2H3,(H2,11,13)(H,12,14). The van der Waals surface area contributed by atoms with Crippen molar-refractivity contribution < 1.29 is 10.0 Å². The molecule has 16 heavy (non-hydrogen) atoms. The van der Waals surface area contributed by atoms with Crippen LogP contribution in [0.1, 0.15) is 19.4 Å². The maximum Gasteiger partial charge on any atom is 0.225 e. The fourth-order valence-electron chi connectivity index (χ4n) is 1.16. The van der Waals surface area contributed by atoms with Crippen molar-refractivity contribution in [2.45, 2.75) is 25.8 Å². The zero-order valence-corrected chi connectivity index (χ0v) is 10.0. The van der Waals surface area contributed by atoms with Gasteiger partial charge in [0.05, 0.1) is 12.0 Å². The van der Waals surface area contributed by atoms with Crippen molar-refractivity contribution in [1.82, 2.24) is 5.32 Å². The first-order valence-corrected chi connectivity index (χ1v) is 5.70. The predicted molar refractivity (Wildman–Crippen MR) is 63.7 cm³/mol. The Morgan fingerprint density at radius 3 is 2.88 bits per heavy atom. The summed E-state index contributed by atoms with van der Waals surface area (Å²) < 4.78 is 0. The van der Waals surface area contributed by atoms with Crippen molar-refractivity contribution >= 4 is 23.1 Å². The lowest BCUT2D eigenvalue weighted by Gasteiger charge is -2.24. The Morgan fingerprint density at radius 2 is 2.38 bits per heavy atom. The summed E-state index contributed by atoms with van der Waals surface area (Å²) >= 11 is 1.54. The van der Waals surface area contributed by atoms with Crippen LogP contribution in [0.2, 0.25) is 0 Å². The lowest BCUT2D eigenvalue weighted by molar-refractivity contribution is -0.121. The molecule has 1 amide bonds. The molecular weight excluding hydrogens is 226 g/mol. The maximum atomic E-state index is 11.6. The molecule has 0 fully saturated rings. The van der Waals surface area contributed by atoms with E-state index in [1.807, 2.05) is 16.8 Å². The van der Waals surface area contributed by atoms with Gasteiger partial charge >= 0.3 is 0 Å². The van der Waals surface area contributed by atoms with Gasteiger partial charge in [-0.25, -0.2) is 0 Å². The Balaban J connectivity index is 2.58. The average molecular weight is 241 g/mol. The summed E-state index contributed by atoms with van der Waals surface area (Å²) in [7, 11) is 0. The summed E-state index contributed by atoms with van der Waals surface area (Å²) in [6.45, 7) is 3.35. The molecule has 1 rings (SSSR count). The lowest BCUT2D eigenvalue weighted by Crippen LogP contribution is -2.53. The molecule has 0 bridgehead atoms. The molecule has 0 aliphatic heterocycles. The normalized spacial score (nSPS) is 12.5. The van der Waals surface area contributed by atoms with Crippen molar-refractivity contribution in [1.29, 1.82) is 0 Å². The van der Waals surface area contributed by atoms with Gasteiger partial charge in [0, 0.05) is 0 Å². The van der Waals surface area contributed by atoms with Crippen molar-refractivity contribution in [2.75, 3.05) is 0 Å². The highest BCUT2D eigenvalue weighted by atomic mass is 32.1. The quantitative estimate of drug-likeness (QED) is 0.317. The molecule has 0 saturated carbocycles. The zero-order valence-electron chi connectivity index (χ0n) is 9.23. The Hall–Kier alpha value is -1.56. The average Bonchev–Trinajstić information content (AvgIpc) is 2.67. The second-order valence-electron chi connectivity index (χ2n) is 3.97. The van der Waals surface area contributed by atoms with Crippen LogP contribution in [0, 0.1) is 0 Å². The number of amidine groups is 1. The van der Waals surface area contributed by atoms with E-state index in [0.717, 1.165) is 5.56 Å². The van der Waals surface area contributed by atoms with E-state index in [2.05, 4.69) is 10.5 Å². The van der Waals surface area contributed by atoms with Crippen LogP contribution in [0.15, 0.2) is 22.0 Å². The van der Waals surface area contributed by atoms with E-state index in [9.17, 15) is 4.79 Å². The topological polar surface area (TPSA) is 87.7 Å². The third kappa shape index (κ3) is 3.23. The van der Waals surface area contributed by atoms with E-state index >= 15 is 0 Å². The van der Waals surface area contributed by atoms with E-state index in [1.54, 1.807) is 25.2 Å². The van der Waals surface area contributed by atoms with Gasteiger partial charge in [-0.3, -0.25) is 4.79 Å². The third-order valence-electron chi connectivity index (χ3n) is 2.14. The molecule has 0 radical (unpaired) electrons. The Bertz CT molecular complexity index is 385. The van der Waals surface area contributed by atoms with Crippen LogP contribution in [-0.4, -0.2) is 22.5 Å². The number of oxime groups is 1. The lowest BCUT2D eigenvalue weighted by atomic mass is 10.0. The second kappa shape index (κ2) is 4.98. The van der Waals surface area contributed by atoms with Crippen LogP contribution < -0.4 is 11.1 Å². The molecule has 0 spiro atoms. The van der Waals surface area contributed by atoms with Crippen LogP contribution in [0.25, 0.3) is 0 Å². The minimum atomic E-state index is -0.845. The van der Waals surface area contributed by atoms with Crippen molar-refractivity contribution in [2.24, 2.45) is 10.9 Å². The molecule has 1 heterocycles. The van der Waals surface area contributed by atoms with E-state index in [0.29, 0.717) is 6.42 Å². The molecule has 0 saturated heterocycles. The molecule has 1 aromatic heterocycles. The predicted octanol–water partition coefficient (Wildman–Crippen LogP) is 0.932. The van der Waals surface area contributed by atoms with Crippen LogP contribution >= 0.6 is 11.3 Å². The summed E-state index contributed by atoms with van der Waals surface area (Å²) in [5.41, 5.74) is 5.57. The summed E-state index contributed by atoms with van der Waals surface area (Å²) in [4.78, 5) is 11.6. The highest BCUT2D eigenvalue weighted by Gasteiger charge is 2.25. The molecule has 4 N–H and O–H groups in total. The van der Waals surface area contributed by atoms with Crippen LogP contribution in [0.5, 0.6) is 0 Å².